The normalized spacial score (nSPS) is 14.4. The smallest absolute Gasteiger partial charge is 0.168 e. The van der Waals surface area contributed by atoms with E-state index in [1.54, 1.807) is 13.2 Å². The summed E-state index contributed by atoms with van der Waals surface area (Å²) in [7, 11) is 1.64. The van der Waals surface area contributed by atoms with Gasteiger partial charge in [-0.25, -0.2) is 0 Å². The zero-order valence-electron chi connectivity index (χ0n) is 17.1. The fourth-order valence-electron chi connectivity index (χ4n) is 3.30. The van der Waals surface area contributed by atoms with Gasteiger partial charge in [0, 0.05) is 12.3 Å². The Bertz CT molecular complexity index is 777. The summed E-state index contributed by atoms with van der Waals surface area (Å²) >= 11 is 0. The molecule has 148 valence electrons. The quantitative estimate of drug-likeness (QED) is 0.460. The number of hydrogen-bond donors (Lipinski definition) is 0. The summed E-state index contributed by atoms with van der Waals surface area (Å²) in [5.74, 6) is 0.777. The molecule has 0 heterocycles. The van der Waals surface area contributed by atoms with Crippen LogP contribution in [0.1, 0.15) is 37.8 Å². The second kappa shape index (κ2) is 10.6. The summed E-state index contributed by atoms with van der Waals surface area (Å²) in [6.07, 6.45) is 6.65. The number of carbonyl (C=O) groups excluding carboxylic acids is 1. The van der Waals surface area contributed by atoms with Gasteiger partial charge in [0.05, 0.1) is 13.7 Å². The first-order valence-electron chi connectivity index (χ1n) is 9.70. The minimum absolute atomic E-state index is 0.0590. The van der Waals surface area contributed by atoms with Crippen molar-refractivity contribution in [2.45, 2.75) is 38.9 Å². The fraction of sp³-hybridized carbons (Fsp3) is 0.320. The van der Waals surface area contributed by atoms with Gasteiger partial charge in [-0.05, 0) is 29.7 Å². The number of allylic oxidation sites excluding steroid dienone is 1. The van der Waals surface area contributed by atoms with Gasteiger partial charge in [0.2, 0.25) is 0 Å². The summed E-state index contributed by atoms with van der Waals surface area (Å²) in [4.78, 5) is 13.0. The molecule has 2 atom stereocenters. The molecule has 0 amide bonds. The lowest BCUT2D eigenvalue weighted by molar-refractivity contribution is -0.152. The van der Waals surface area contributed by atoms with E-state index in [0.29, 0.717) is 19.4 Å². The molecule has 2 rings (SSSR count). The lowest BCUT2D eigenvalue weighted by atomic mass is 9.80. The summed E-state index contributed by atoms with van der Waals surface area (Å²) in [6, 6.07) is 17.8. The third-order valence-electron chi connectivity index (χ3n) is 5.09. The highest BCUT2D eigenvalue weighted by Crippen LogP contribution is 2.32. The zero-order chi connectivity index (χ0) is 20.4. The van der Waals surface area contributed by atoms with Crippen LogP contribution in [0.3, 0.4) is 0 Å². The minimum Gasteiger partial charge on any atom is -0.497 e. The van der Waals surface area contributed by atoms with Gasteiger partial charge in [0.25, 0.3) is 0 Å². The molecule has 2 aromatic carbocycles. The molecule has 0 saturated heterocycles. The second-order valence-electron chi connectivity index (χ2n) is 6.85. The van der Waals surface area contributed by atoms with Gasteiger partial charge in [-0.3, -0.25) is 4.79 Å². The largest absolute Gasteiger partial charge is 0.497 e. The first-order valence-corrected chi connectivity index (χ1v) is 9.70. The zero-order valence-corrected chi connectivity index (χ0v) is 17.1. The van der Waals surface area contributed by atoms with Crippen LogP contribution in [-0.4, -0.2) is 18.5 Å². The Kier molecular flexibility index (Phi) is 8.21. The third-order valence-corrected chi connectivity index (χ3v) is 5.09. The lowest BCUT2D eigenvalue weighted by Gasteiger charge is -2.36. The van der Waals surface area contributed by atoms with Crippen LogP contribution >= 0.6 is 0 Å². The van der Waals surface area contributed by atoms with E-state index < -0.39 is 5.60 Å². The number of rotatable bonds is 11. The summed E-state index contributed by atoms with van der Waals surface area (Å²) in [5.41, 5.74) is 1.22. The molecule has 0 bridgehead atoms. The van der Waals surface area contributed by atoms with Gasteiger partial charge in [0.1, 0.15) is 11.4 Å². The van der Waals surface area contributed by atoms with Gasteiger partial charge >= 0.3 is 0 Å². The van der Waals surface area contributed by atoms with Crippen molar-refractivity contribution in [3.8, 4) is 5.75 Å². The van der Waals surface area contributed by atoms with Gasteiger partial charge in [-0.1, -0.05) is 74.5 Å². The minimum atomic E-state index is -0.889. The third kappa shape index (κ3) is 5.43. The van der Waals surface area contributed by atoms with E-state index in [2.05, 4.69) is 12.7 Å². The van der Waals surface area contributed by atoms with E-state index in [-0.39, 0.29) is 11.7 Å². The average molecular weight is 379 g/mol. The van der Waals surface area contributed by atoms with Gasteiger partial charge in [0.15, 0.2) is 5.78 Å². The first kappa shape index (κ1) is 21.6. The SMILES string of the molecule is C=CCC(=O)[C@@](CC)(OCc1ccc(OC)cc1)[C@@H](C)/C=C/c1ccccc1. The van der Waals surface area contributed by atoms with Crippen molar-refractivity contribution in [2.24, 2.45) is 5.92 Å². The van der Waals surface area contributed by atoms with Crippen LogP contribution in [0.25, 0.3) is 6.08 Å². The summed E-state index contributed by atoms with van der Waals surface area (Å²) in [5, 5.41) is 0. The Morgan fingerprint density at radius 3 is 2.39 bits per heavy atom. The number of methoxy groups -OCH3 is 1. The van der Waals surface area contributed by atoms with E-state index in [4.69, 9.17) is 9.47 Å². The topological polar surface area (TPSA) is 35.5 Å². The van der Waals surface area contributed by atoms with Crippen LogP contribution in [0.2, 0.25) is 0 Å². The summed E-state index contributed by atoms with van der Waals surface area (Å²) in [6.45, 7) is 8.14. The van der Waals surface area contributed by atoms with E-state index >= 15 is 0 Å². The molecule has 0 radical (unpaired) electrons. The van der Waals surface area contributed by atoms with Crippen molar-refractivity contribution in [3.63, 3.8) is 0 Å². The standard InChI is InChI=1S/C25H30O3/c1-5-10-24(26)25(6-2,20(3)13-14-21-11-8-7-9-12-21)28-19-22-15-17-23(27-4)18-16-22/h5,7-9,11-18,20H,1,6,10,19H2,2-4H3/b14-13+/t20-,25-/m0/s1. The molecule has 0 fully saturated rings. The predicted octanol–water partition coefficient (Wildman–Crippen LogP) is 5.86. The Morgan fingerprint density at radius 2 is 1.82 bits per heavy atom. The van der Waals surface area contributed by atoms with Gasteiger partial charge in [-0.2, -0.15) is 0 Å². The number of Topliss-reactive ketones (excluding diaryl/α,β-unsaturated/α-hetero) is 1. The monoisotopic (exact) mass is 378 g/mol. The highest BCUT2D eigenvalue weighted by Gasteiger charge is 2.41. The van der Waals surface area contributed by atoms with Gasteiger partial charge in [-0.15, -0.1) is 6.58 Å². The molecule has 0 aliphatic heterocycles. The van der Waals surface area contributed by atoms with Crippen LogP contribution in [0, 0.1) is 5.92 Å². The molecule has 0 unspecified atom stereocenters. The molecule has 0 spiro atoms. The molecule has 0 aromatic heterocycles. The van der Waals surface area contributed by atoms with Gasteiger partial charge < -0.3 is 9.47 Å². The number of ketones is 1. The predicted molar refractivity (Wildman–Crippen MR) is 115 cm³/mol. The summed E-state index contributed by atoms with van der Waals surface area (Å²) < 4.78 is 11.5. The number of hydrogen-bond acceptors (Lipinski definition) is 3. The Balaban J connectivity index is 2.23. The van der Waals surface area contributed by atoms with Crippen molar-refractivity contribution >= 4 is 11.9 Å². The lowest BCUT2D eigenvalue weighted by Crippen LogP contribution is -2.46. The van der Waals surface area contributed by atoms with Crippen molar-refractivity contribution < 1.29 is 14.3 Å². The van der Waals surface area contributed by atoms with Crippen molar-refractivity contribution in [3.05, 3.63) is 84.5 Å². The van der Waals surface area contributed by atoms with E-state index in [1.165, 1.54) is 0 Å². The van der Waals surface area contributed by atoms with E-state index in [9.17, 15) is 4.79 Å². The van der Waals surface area contributed by atoms with Crippen LogP contribution in [0.5, 0.6) is 5.75 Å². The second-order valence-corrected chi connectivity index (χ2v) is 6.85. The molecule has 0 saturated carbocycles. The van der Waals surface area contributed by atoms with Crippen molar-refractivity contribution in [1.29, 1.82) is 0 Å². The Hall–Kier alpha value is -2.65. The van der Waals surface area contributed by atoms with Crippen molar-refractivity contribution in [1.82, 2.24) is 0 Å². The highest BCUT2D eigenvalue weighted by molar-refractivity contribution is 5.89. The number of carbonyl (C=O) groups is 1. The number of ether oxygens (including phenoxy) is 2. The molecule has 28 heavy (non-hydrogen) atoms. The van der Waals surface area contributed by atoms with Crippen molar-refractivity contribution in [2.75, 3.05) is 7.11 Å². The van der Waals surface area contributed by atoms with Crippen LogP contribution in [0.15, 0.2) is 73.3 Å². The van der Waals surface area contributed by atoms with Crippen LogP contribution in [-0.2, 0) is 16.1 Å². The molecule has 0 N–H and O–H groups in total. The molecular weight excluding hydrogens is 348 g/mol. The van der Waals surface area contributed by atoms with Crippen LogP contribution < -0.4 is 4.74 Å². The maximum absolute atomic E-state index is 13.0. The maximum Gasteiger partial charge on any atom is 0.168 e. The molecular formula is C25H30O3. The number of benzene rings is 2. The molecule has 3 nitrogen and oxygen atoms in total. The maximum atomic E-state index is 13.0. The Labute approximate surface area is 168 Å². The van der Waals surface area contributed by atoms with E-state index in [0.717, 1.165) is 16.9 Å². The molecule has 0 aliphatic carbocycles. The van der Waals surface area contributed by atoms with Crippen LogP contribution in [0.4, 0.5) is 0 Å². The molecule has 2 aromatic rings. The average Bonchev–Trinajstić information content (AvgIpc) is 2.74. The molecule has 0 aliphatic rings. The highest BCUT2D eigenvalue weighted by atomic mass is 16.5. The van der Waals surface area contributed by atoms with E-state index in [1.807, 2.05) is 74.5 Å². The Morgan fingerprint density at radius 1 is 1.14 bits per heavy atom. The fourth-order valence-corrected chi connectivity index (χ4v) is 3.30. The molecule has 3 heteroatoms. The first-order chi connectivity index (χ1) is 13.6.